The maximum absolute atomic E-state index is 14.4. The molecule has 0 aromatic heterocycles. The van der Waals surface area contributed by atoms with E-state index in [0.29, 0.717) is 5.56 Å². The first-order valence-electron chi connectivity index (χ1n) is 7.94. The normalized spacial score (nSPS) is 11.1. The van der Waals surface area contributed by atoms with Crippen molar-refractivity contribution in [1.82, 2.24) is 0 Å². The third-order valence-electron chi connectivity index (χ3n) is 3.83. The Kier molecular flexibility index (Phi) is 5.06. The van der Waals surface area contributed by atoms with Crippen molar-refractivity contribution >= 4 is 16.7 Å². The van der Waals surface area contributed by atoms with Crippen molar-refractivity contribution in [2.24, 2.45) is 0 Å². The number of hydrogen-bond acceptors (Lipinski definition) is 2. The van der Waals surface area contributed by atoms with Crippen LogP contribution in [0.25, 0.3) is 10.8 Å². The molecule has 0 amide bonds. The molecule has 3 aromatic rings. The number of esters is 1. The van der Waals surface area contributed by atoms with Crippen molar-refractivity contribution in [3.8, 4) is 17.6 Å². The molecule has 0 saturated heterocycles. The summed E-state index contributed by atoms with van der Waals surface area (Å²) in [6, 6.07) is 11.1. The lowest BCUT2D eigenvalue weighted by Crippen LogP contribution is -2.08. The first-order chi connectivity index (χ1) is 13.1. The Balaban J connectivity index is 1.95. The van der Waals surface area contributed by atoms with Crippen LogP contribution in [0, 0.1) is 30.4 Å². The summed E-state index contributed by atoms with van der Waals surface area (Å²) in [6.07, 6.45) is -4.87. The Morgan fingerprint density at radius 3 is 2.32 bits per heavy atom. The van der Waals surface area contributed by atoms with Gasteiger partial charge in [0.25, 0.3) is 0 Å². The molecule has 28 heavy (non-hydrogen) atoms. The molecule has 0 heterocycles. The quantitative estimate of drug-likeness (QED) is 0.248. The minimum absolute atomic E-state index is 0.0155. The van der Waals surface area contributed by atoms with E-state index in [1.807, 2.05) is 6.92 Å². The molecule has 0 N–H and O–H groups in total. The predicted octanol–water partition coefficient (Wildman–Crippen LogP) is 5.56. The van der Waals surface area contributed by atoms with Crippen molar-refractivity contribution < 1.29 is 31.5 Å². The van der Waals surface area contributed by atoms with Crippen LogP contribution in [-0.2, 0) is 0 Å². The van der Waals surface area contributed by atoms with Crippen LogP contribution in [0.4, 0.5) is 22.0 Å². The summed E-state index contributed by atoms with van der Waals surface area (Å²) in [4.78, 5) is 12.1. The van der Waals surface area contributed by atoms with Crippen LogP contribution in [0.5, 0.6) is 5.75 Å². The Morgan fingerprint density at radius 2 is 1.68 bits per heavy atom. The fourth-order valence-corrected chi connectivity index (χ4v) is 2.48. The summed E-state index contributed by atoms with van der Waals surface area (Å²) >= 11 is 0. The second-order valence-corrected chi connectivity index (χ2v) is 5.93. The van der Waals surface area contributed by atoms with Gasteiger partial charge in [-0.3, -0.25) is 0 Å². The SMILES string of the molecule is Cc1ccc(C(=O)Oc2ccc3c(F)c(C#CC(F)(F)F)c(F)cc3c2)cc1. The third-order valence-corrected chi connectivity index (χ3v) is 3.83. The third kappa shape index (κ3) is 4.29. The number of halogens is 5. The predicted molar refractivity (Wildman–Crippen MR) is 92.9 cm³/mol. The zero-order chi connectivity index (χ0) is 20.5. The van der Waals surface area contributed by atoms with Crippen LogP contribution in [-0.4, -0.2) is 12.1 Å². The molecule has 2 nitrogen and oxygen atoms in total. The molecule has 0 aliphatic heterocycles. The Labute approximate surface area is 156 Å². The van der Waals surface area contributed by atoms with E-state index in [2.05, 4.69) is 0 Å². The smallest absolute Gasteiger partial charge is 0.423 e. The van der Waals surface area contributed by atoms with E-state index < -0.39 is 29.3 Å². The molecule has 0 spiro atoms. The highest BCUT2D eigenvalue weighted by Crippen LogP contribution is 2.28. The molecular formula is C21H11F5O2. The van der Waals surface area contributed by atoms with Gasteiger partial charge < -0.3 is 4.74 Å². The van der Waals surface area contributed by atoms with E-state index in [1.54, 1.807) is 24.3 Å². The van der Waals surface area contributed by atoms with Gasteiger partial charge in [0.05, 0.1) is 11.1 Å². The van der Waals surface area contributed by atoms with Crippen LogP contribution in [0.15, 0.2) is 48.5 Å². The second kappa shape index (κ2) is 7.31. The van der Waals surface area contributed by atoms with E-state index in [-0.39, 0.29) is 16.5 Å². The van der Waals surface area contributed by atoms with Gasteiger partial charge >= 0.3 is 12.1 Å². The van der Waals surface area contributed by atoms with Gasteiger partial charge in [-0.2, -0.15) is 13.2 Å². The average Bonchev–Trinajstić information content (AvgIpc) is 2.61. The number of benzene rings is 3. The number of rotatable bonds is 2. The van der Waals surface area contributed by atoms with E-state index in [9.17, 15) is 26.7 Å². The van der Waals surface area contributed by atoms with Gasteiger partial charge in [0, 0.05) is 11.3 Å². The minimum Gasteiger partial charge on any atom is -0.423 e. The first kappa shape index (κ1) is 19.4. The second-order valence-electron chi connectivity index (χ2n) is 5.93. The van der Waals surface area contributed by atoms with Gasteiger partial charge in [-0.25, -0.2) is 13.6 Å². The maximum atomic E-state index is 14.4. The topological polar surface area (TPSA) is 26.3 Å². The van der Waals surface area contributed by atoms with Crippen molar-refractivity contribution in [2.45, 2.75) is 13.1 Å². The van der Waals surface area contributed by atoms with Gasteiger partial charge in [0.2, 0.25) is 0 Å². The molecule has 0 fully saturated rings. The molecule has 3 rings (SSSR count). The highest BCUT2D eigenvalue weighted by Gasteiger charge is 2.24. The van der Waals surface area contributed by atoms with Crippen molar-refractivity contribution in [3.63, 3.8) is 0 Å². The lowest BCUT2D eigenvalue weighted by atomic mass is 10.0. The number of carbonyl (C=O) groups excluding carboxylic acids is 1. The van der Waals surface area contributed by atoms with E-state index in [1.165, 1.54) is 24.1 Å². The number of hydrogen-bond donors (Lipinski definition) is 0. The van der Waals surface area contributed by atoms with E-state index >= 15 is 0 Å². The van der Waals surface area contributed by atoms with Crippen molar-refractivity contribution in [1.29, 1.82) is 0 Å². The van der Waals surface area contributed by atoms with Crippen LogP contribution < -0.4 is 4.74 Å². The average molecular weight is 390 g/mol. The van der Waals surface area contributed by atoms with Gasteiger partial charge in [-0.05, 0) is 48.7 Å². The number of aryl methyl sites for hydroxylation is 1. The van der Waals surface area contributed by atoms with Crippen molar-refractivity contribution in [3.05, 3.63) is 76.9 Å². The monoisotopic (exact) mass is 390 g/mol. The van der Waals surface area contributed by atoms with Crippen LogP contribution in [0.1, 0.15) is 21.5 Å². The minimum atomic E-state index is -4.87. The maximum Gasteiger partial charge on any atom is 0.458 e. The van der Waals surface area contributed by atoms with Gasteiger partial charge in [-0.1, -0.05) is 23.6 Å². The number of fused-ring (bicyclic) bond motifs is 1. The molecule has 0 aliphatic rings. The lowest BCUT2D eigenvalue weighted by molar-refractivity contribution is -0.0696. The van der Waals surface area contributed by atoms with Crippen molar-refractivity contribution in [2.75, 3.05) is 0 Å². The highest BCUT2D eigenvalue weighted by molar-refractivity contribution is 5.92. The molecule has 7 heteroatoms. The van der Waals surface area contributed by atoms with Gasteiger partial charge in [-0.15, -0.1) is 0 Å². The molecule has 0 atom stereocenters. The van der Waals surface area contributed by atoms with E-state index in [4.69, 9.17) is 4.74 Å². The van der Waals surface area contributed by atoms with Gasteiger partial charge in [0.15, 0.2) is 0 Å². The molecule has 0 aliphatic carbocycles. The molecule has 0 radical (unpaired) electrons. The summed E-state index contributed by atoms with van der Waals surface area (Å²) in [5.41, 5.74) is 0.271. The van der Waals surface area contributed by atoms with Crippen LogP contribution in [0.2, 0.25) is 0 Å². The largest absolute Gasteiger partial charge is 0.458 e. The fourth-order valence-electron chi connectivity index (χ4n) is 2.48. The molecule has 0 unspecified atom stereocenters. The zero-order valence-corrected chi connectivity index (χ0v) is 14.3. The molecule has 3 aromatic carbocycles. The summed E-state index contributed by atoms with van der Waals surface area (Å²) in [5, 5.41) is -0.134. The molecule has 142 valence electrons. The summed E-state index contributed by atoms with van der Waals surface area (Å²) < 4.78 is 70.2. The fraction of sp³-hybridized carbons (Fsp3) is 0.0952. The summed E-state index contributed by atoms with van der Waals surface area (Å²) in [7, 11) is 0. The highest BCUT2D eigenvalue weighted by atomic mass is 19.4. The lowest BCUT2D eigenvalue weighted by Gasteiger charge is -2.08. The first-order valence-corrected chi connectivity index (χ1v) is 7.94. The number of alkyl halides is 3. The summed E-state index contributed by atoms with van der Waals surface area (Å²) in [6.45, 7) is 1.86. The molecule has 0 saturated carbocycles. The van der Waals surface area contributed by atoms with Gasteiger partial charge in [0.1, 0.15) is 17.4 Å². The van der Waals surface area contributed by atoms with E-state index in [0.717, 1.165) is 17.6 Å². The Morgan fingerprint density at radius 1 is 1.00 bits per heavy atom. The standard InChI is InChI=1S/C21H11F5O2/c1-12-2-4-13(5-3-12)20(27)28-15-6-7-16-14(10-15)11-18(22)17(19(16)23)8-9-21(24,25)26/h2-7,10-11H,1H3. The number of ether oxygens (including phenoxy) is 1. The van der Waals surface area contributed by atoms with Crippen LogP contribution >= 0.6 is 0 Å². The Bertz CT molecular complexity index is 1120. The van der Waals surface area contributed by atoms with Crippen LogP contribution in [0.3, 0.4) is 0 Å². The zero-order valence-electron chi connectivity index (χ0n) is 14.3. The number of carbonyl (C=O) groups is 1. The Hall–Kier alpha value is -3.40. The molecule has 0 bridgehead atoms. The molecular weight excluding hydrogens is 379 g/mol. The summed E-state index contributed by atoms with van der Waals surface area (Å²) in [5.74, 6) is -0.771.